The summed E-state index contributed by atoms with van der Waals surface area (Å²) in [6, 6.07) is 3.00. The number of aryl methyl sites for hydroxylation is 1. The molecule has 23 heavy (non-hydrogen) atoms. The number of nitro groups is 1. The van der Waals surface area contributed by atoms with E-state index < -0.39 is 22.7 Å². The van der Waals surface area contributed by atoms with Gasteiger partial charge in [-0.2, -0.15) is 5.10 Å². The molecule has 1 amide bonds. The second-order valence-corrected chi connectivity index (χ2v) is 5.42. The number of hydrogen-bond donors (Lipinski definition) is 1. The topological polar surface area (TPSA) is 90.1 Å². The average Bonchev–Trinajstić information content (AvgIpc) is 2.77. The van der Waals surface area contributed by atoms with Crippen LogP contribution < -0.4 is 5.32 Å². The minimum absolute atomic E-state index is 0.114. The summed E-state index contributed by atoms with van der Waals surface area (Å²) >= 11 is 5.66. The molecular formula is C14H14ClFN4O3. The van der Waals surface area contributed by atoms with Crippen LogP contribution in [-0.4, -0.2) is 20.6 Å². The van der Waals surface area contributed by atoms with Crippen LogP contribution in [0, 0.1) is 29.8 Å². The molecule has 0 saturated carbocycles. The fourth-order valence-corrected chi connectivity index (χ4v) is 2.41. The third kappa shape index (κ3) is 3.31. The molecule has 122 valence electrons. The molecule has 0 spiro atoms. The maximum atomic E-state index is 13.1. The summed E-state index contributed by atoms with van der Waals surface area (Å²) in [7, 11) is 0. The number of benzene rings is 1. The van der Waals surface area contributed by atoms with Gasteiger partial charge in [-0.3, -0.25) is 19.6 Å². The first-order chi connectivity index (χ1) is 10.7. The van der Waals surface area contributed by atoms with Crippen molar-refractivity contribution in [1.82, 2.24) is 9.78 Å². The zero-order valence-electron chi connectivity index (χ0n) is 12.6. The molecule has 0 aliphatic heterocycles. The zero-order valence-corrected chi connectivity index (χ0v) is 13.4. The summed E-state index contributed by atoms with van der Waals surface area (Å²) in [4.78, 5) is 22.8. The number of halogens is 2. The average molecular weight is 341 g/mol. The molecule has 1 heterocycles. The largest absolute Gasteiger partial charge is 0.324 e. The molecule has 0 saturated heterocycles. The Labute approximate surface area is 136 Å². The van der Waals surface area contributed by atoms with E-state index in [0.29, 0.717) is 5.69 Å². The number of anilines is 1. The Bertz CT molecular complexity index is 791. The Hall–Kier alpha value is -2.48. The van der Waals surface area contributed by atoms with Crippen LogP contribution >= 0.6 is 11.6 Å². The van der Waals surface area contributed by atoms with Crippen molar-refractivity contribution in [3.8, 4) is 0 Å². The predicted octanol–water partition coefficient (Wildman–Crippen LogP) is 3.40. The Morgan fingerprint density at radius 1 is 1.48 bits per heavy atom. The lowest BCUT2D eigenvalue weighted by Gasteiger charge is -2.14. The van der Waals surface area contributed by atoms with E-state index >= 15 is 0 Å². The summed E-state index contributed by atoms with van der Waals surface area (Å²) in [5.41, 5.74) is 0.725. The van der Waals surface area contributed by atoms with Gasteiger partial charge in [0.2, 0.25) is 5.91 Å². The van der Waals surface area contributed by atoms with E-state index in [1.165, 1.54) is 30.7 Å². The summed E-state index contributed by atoms with van der Waals surface area (Å²) in [6.07, 6.45) is 0. The molecule has 1 atom stereocenters. The Kier molecular flexibility index (Phi) is 4.65. The van der Waals surface area contributed by atoms with Crippen LogP contribution in [0.15, 0.2) is 18.2 Å². The van der Waals surface area contributed by atoms with Gasteiger partial charge in [0.05, 0.1) is 9.95 Å². The molecule has 0 bridgehead atoms. The van der Waals surface area contributed by atoms with Gasteiger partial charge in [0, 0.05) is 5.69 Å². The van der Waals surface area contributed by atoms with Crippen molar-refractivity contribution in [1.29, 1.82) is 0 Å². The highest BCUT2D eigenvalue weighted by atomic mass is 35.5. The third-order valence-electron chi connectivity index (χ3n) is 3.40. The number of rotatable bonds is 4. The molecule has 0 aliphatic carbocycles. The van der Waals surface area contributed by atoms with Gasteiger partial charge in [-0.1, -0.05) is 11.6 Å². The summed E-state index contributed by atoms with van der Waals surface area (Å²) in [5, 5.41) is 17.5. The van der Waals surface area contributed by atoms with Crippen LogP contribution in [0.3, 0.4) is 0 Å². The summed E-state index contributed by atoms with van der Waals surface area (Å²) in [5.74, 6) is -1.04. The number of carbonyl (C=O) groups excluding carboxylic acids is 1. The van der Waals surface area contributed by atoms with Crippen molar-refractivity contribution < 1.29 is 14.1 Å². The van der Waals surface area contributed by atoms with Gasteiger partial charge in [-0.05, 0) is 39.0 Å². The van der Waals surface area contributed by atoms with Gasteiger partial charge < -0.3 is 5.32 Å². The van der Waals surface area contributed by atoms with E-state index in [1.807, 2.05) is 0 Å². The van der Waals surface area contributed by atoms with Gasteiger partial charge in [0.25, 0.3) is 0 Å². The van der Waals surface area contributed by atoms with E-state index in [0.717, 1.165) is 6.07 Å². The summed E-state index contributed by atoms with van der Waals surface area (Å²) < 4.78 is 14.4. The first kappa shape index (κ1) is 16.9. The number of amides is 1. The van der Waals surface area contributed by atoms with Crippen LogP contribution in [0.5, 0.6) is 0 Å². The second kappa shape index (κ2) is 6.33. The first-order valence-electron chi connectivity index (χ1n) is 6.68. The predicted molar refractivity (Wildman–Crippen MR) is 83.1 cm³/mol. The smallest absolute Gasteiger partial charge is 0.312 e. The van der Waals surface area contributed by atoms with Crippen LogP contribution in [0.4, 0.5) is 15.8 Å². The number of carbonyl (C=O) groups is 1. The lowest BCUT2D eigenvalue weighted by atomic mass is 10.2. The zero-order chi connectivity index (χ0) is 17.3. The van der Waals surface area contributed by atoms with Crippen molar-refractivity contribution in [2.45, 2.75) is 26.8 Å². The second-order valence-electron chi connectivity index (χ2n) is 5.02. The molecule has 0 unspecified atom stereocenters. The fourth-order valence-electron chi connectivity index (χ4n) is 2.23. The monoisotopic (exact) mass is 340 g/mol. The Morgan fingerprint density at radius 3 is 2.65 bits per heavy atom. The van der Waals surface area contributed by atoms with E-state index in [2.05, 4.69) is 10.4 Å². The van der Waals surface area contributed by atoms with Gasteiger partial charge in [0.1, 0.15) is 23.2 Å². The highest BCUT2D eigenvalue weighted by molar-refractivity contribution is 6.31. The maximum absolute atomic E-state index is 13.1. The molecule has 7 nitrogen and oxygen atoms in total. The molecule has 9 heteroatoms. The third-order valence-corrected chi connectivity index (χ3v) is 3.69. The lowest BCUT2D eigenvalue weighted by Crippen LogP contribution is -2.25. The van der Waals surface area contributed by atoms with Gasteiger partial charge in [-0.25, -0.2) is 4.39 Å². The van der Waals surface area contributed by atoms with Crippen molar-refractivity contribution >= 4 is 28.9 Å². The van der Waals surface area contributed by atoms with Crippen LogP contribution in [0.25, 0.3) is 0 Å². The number of aromatic nitrogens is 2. The molecule has 0 radical (unpaired) electrons. The minimum atomic E-state index is -0.786. The first-order valence-corrected chi connectivity index (χ1v) is 7.06. The van der Waals surface area contributed by atoms with Gasteiger partial charge in [-0.15, -0.1) is 0 Å². The van der Waals surface area contributed by atoms with Crippen LogP contribution in [0.1, 0.15) is 24.4 Å². The van der Waals surface area contributed by atoms with Crippen LogP contribution in [-0.2, 0) is 4.79 Å². The number of hydrogen-bond acceptors (Lipinski definition) is 4. The number of nitrogens with one attached hydrogen (secondary N) is 1. The molecule has 2 rings (SSSR count). The minimum Gasteiger partial charge on any atom is -0.324 e. The fraction of sp³-hybridized carbons (Fsp3) is 0.286. The van der Waals surface area contributed by atoms with Gasteiger partial charge >= 0.3 is 5.69 Å². The van der Waals surface area contributed by atoms with E-state index in [4.69, 9.17) is 11.6 Å². The normalized spacial score (nSPS) is 12.0. The van der Waals surface area contributed by atoms with E-state index in [1.54, 1.807) is 6.92 Å². The maximum Gasteiger partial charge on any atom is 0.312 e. The SMILES string of the molecule is Cc1nn([C@H](C)C(=O)Nc2ccc(F)c(Cl)c2)c(C)c1[N+](=O)[O-]. The van der Waals surface area contributed by atoms with E-state index in [-0.39, 0.29) is 22.1 Å². The highest BCUT2D eigenvalue weighted by Gasteiger charge is 2.27. The standard InChI is InChI=1S/C14H14ClFN4O3/c1-7-13(20(22)23)8(2)19(18-7)9(3)14(21)17-10-4-5-12(16)11(15)6-10/h4-6,9H,1-3H3,(H,17,21)/t9-/m1/s1. The van der Waals surface area contributed by atoms with Crippen molar-refractivity contribution in [3.63, 3.8) is 0 Å². The van der Waals surface area contributed by atoms with Gasteiger partial charge in [0.15, 0.2) is 0 Å². The Balaban J connectivity index is 2.24. The Morgan fingerprint density at radius 2 is 2.13 bits per heavy atom. The highest BCUT2D eigenvalue weighted by Crippen LogP contribution is 2.25. The molecule has 0 aliphatic rings. The molecule has 2 aromatic rings. The molecule has 1 aromatic carbocycles. The lowest BCUT2D eigenvalue weighted by molar-refractivity contribution is -0.386. The van der Waals surface area contributed by atoms with Crippen LogP contribution in [0.2, 0.25) is 5.02 Å². The van der Waals surface area contributed by atoms with Crippen molar-refractivity contribution in [2.75, 3.05) is 5.32 Å². The van der Waals surface area contributed by atoms with Crippen molar-refractivity contribution in [2.24, 2.45) is 0 Å². The molecule has 1 aromatic heterocycles. The van der Waals surface area contributed by atoms with Crippen molar-refractivity contribution in [3.05, 3.63) is 50.5 Å². The van der Waals surface area contributed by atoms with E-state index in [9.17, 15) is 19.3 Å². The molecular weight excluding hydrogens is 327 g/mol. The molecule has 0 fully saturated rings. The molecule has 1 N–H and O–H groups in total. The quantitative estimate of drug-likeness (QED) is 0.682. The summed E-state index contributed by atoms with van der Waals surface area (Å²) in [6.45, 7) is 4.59. The number of nitrogens with zero attached hydrogens (tertiary/aromatic N) is 3.